The predicted octanol–water partition coefficient (Wildman–Crippen LogP) is 2.13. The van der Waals surface area contributed by atoms with Crippen molar-refractivity contribution in [3.05, 3.63) is 53.5 Å². The second kappa shape index (κ2) is 10.0. The van der Waals surface area contributed by atoms with Gasteiger partial charge in [-0.1, -0.05) is 47.6 Å². The van der Waals surface area contributed by atoms with E-state index in [1.54, 1.807) is 40.4 Å². The average Bonchev–Trinajstić information content (AvgIpc) is 3.22. The summed E-state index contributed by atoms with van der Waals surface area (Å²) in [6.07, 6.45) is 22.5. The molecule has 4 atom stereocenters. The van der Waals surface area contributed by atoms with E-state index in [4.69, 9.17) is 0 Å². The molecule has 3 heteroatoms. The predicted molar refractivity (Wildman–Crippen MR) is 103 cm³/mol. The molecule has 4 unspecified atom stereocenters. The maximum atomic E-state index is 2.46. The summed E-state index contributed by atoms with van der Waals surface area (Å²) in [5.41, 5.74) is 3.56. The first-order valence-corrected chi connectivity index (χ1v) is 15.6. The van der Waals surface area contributed by atoms with Gasteiger partial charge in [0.15, 0.2) is 0 Å². The van der Waals surface area contributed by atoms with Gasteiger partial charge in [-0.15, -0.1) is 0 Å². The summed E-state index contributed by atoms with van der Waals surface area (Å²) in [5.74, 6) is 5.79. The zero-order valence-corrected chi connectivity index (χ0v) is 20.3. The Morgan fingerprint density at radius 1 is 0.880 bits per heavy atom. The topological polar surface area (TPSA) is 0 Å². The number of hydrogen-bond donors (Lipinski definition) is 0. The first-order valence-electron chi connectivity index (χ1n) is 9.64. The van der Waals surface area contributed by atoms with Crippen molar-refractivity contribution in [2.24, 2.45) is 29.6 Å². The fourth-order valence-corrected chi connectivity index (χ4v) is 5.76. The molecule has 0 aromatic rings. The molecule has 4 rings (SSSR count). The molecule has 4 aliphatic rings. The van der Waals surface area contributed by atoms with Gasteiger partial charge in [-0.2, -0.15) is 19.8 Å². The van der Waals surface area contributed by atoms with Crippen LogP contribution < -0.4 is 12.4 Å². The summed E-state index contributed by atoms with van der Waals surface area (Å²) >= 11 is 1.58. The van der Waals surface area contributed by atoms with Crippen LogP contribution in [0.2, 0.25) is 0 Å². The van der Waals surface area contributed by atoms with Crippen molar-refractivity contribution < 1.29 is 35.7 Å². The fourth-order valence-electron chi connectivity index (χ4n) is 5.76. The van der Waals surface area contributed by atoms with Crippen molar-refractivity contribution in [1.29, 1.82) is 0 Å². The van der Waals surface area contributed by atoms with Gasteiger partial charge < -0.3 is 18.3 Å². The molecule has 0 aliphatic heterocycles. The van der Waals surface area contributed by atoms with Gasteiger partial charge >= 0.3 is 30.2 Å². The molecule has 2 fully saturated rings. The van der Waals surface area contributed by atoms with Crippen LogP contribution >= 0.6 is 0 Å². The van der Waals surface area contributed by atoms with E-state index in [1.807, 2.05) is 6.88 Å². The molecule has 4 aliphatic carbocycles. The van der Waals surface area contributed by atoms with Gasteiger partial charge in [-0.05, 0) is 62.2 Å². The molecule has 134 valence electrons. The summed E-state index contributed by atoms with van der Waals surface area (Å²) in [7, 11) is 0. The van der Waals surface area contributed by atoms with Gasteiger partial charge in [-0.3, -0.25) is 0 Å². The molecule has 0 bridgehead atoms. The van der Waals surface area contributed by atoms with E-state index in [9.17, 15) is 0 Å². The van der Waals surface area contributed by atoms with Crippen molar-refractivity contribution in [3.63, 3.8) is 0 Å². The van der Waals surface area contributed by atoms with E-state index in [2.05, 4.69) is 50.3 Å². The summed E-state index contributed by atoms with van der Waals surface area (Å²) in [6, 6.07) is 0. The van der Waals surface area contributed by atoms with E-state index >= 15 is 0 Å². The summed E-state index contributed by atoms with van der Waals surface area (Å²) in [4.78, 5) is 0. The van der Waals surface area contributed by atoms with Crippen LogP contribution in [0.4, 0.5) is 0 Å². The molecule has 0 aromatic carbocycles. The molecule has 0 radical (unpaired) electrons. The van der Waals surface area contributed by atoms with Crippen LogP contribution in [0.15, 0.2) is 47.6 Å². The quantitative estimate of drug-likeness (QED) is 0.457. The molecular formula is C22H31ClSiZr. The van der Waals surface area contributed by atoms with Crippen LogP contribution in [-0.2, 0) is 23.3 Å². The van der Waals surface area contributed by atoms with Gasteiger partial charge in [0.2, 0.25) is 0 Å². The van der Waals surface area contributed by atoms with Gasteiger partial charge in [0.25, 0.3) is 0 Å². The zero-order valence-electron chi connectivity index (χ0n) is 15.7. The van der Waals surface area contributed by atoms with E-state index in [1.165, 1.54) is 38.5 Å². The van der Waals surface area contributed by atoms with Crippen molar-refractivity contribution in [2.45, 2.75) is 52.4 Å². The van der Waals surface area contributed by atoms with Crippen molar-refractivity contribution in [3.8, 4) is 0 Å². The minimum absolute atomic E-state index is 0. The molecule has 0 aromatic heterocycles. The van der Waals surface area contributed by atoms with Gasteiger partial charge in [-0.25, -0.2) is 0 Å². The monoisotopic (exact) mass is 448 g/mol. The van der Waals surface area contributed by atoms with E-state index in [0.29, 0.717) is 0 Å². The molecule has 0 nitrogen and oxygen atoms in total. The minimum atomic E-state index is 0. The van der Waals surface area contributed by atoms with E-state index in [-0.39, 0.29) is 12.4 Å². The maximum absolute atomic E-state index is 2.46. The first-order chi connectivity index (χ1) is 11.8. The Morgan fingerprint density at radius 3 is 1.72 bits per heavy atom. The van der Waals surface area contributed by atoms with Crippen molar-refractivity contribution in [2.75, 3.05) is 0 Å². The standard InChI is InChI=1S/C22H29.ClH.H2Si.Zr/c1-15(2)22(20-13-11-16-7-3-5-9-18(16)20)21-14-12-17-8-4-6-10-19(17)21;;;/h3-6,9-10,16-17,20-22H,7-8,11-14H2,1-2H3;1H;1H2;/q-1;;;+2/p-1. The number of rotatable bonds is 3. The van der Waals surface area contributed by atoms with E-state index in [0.717, 1.165) is 29.6 Å². The third-order valence-corrected chi connectivity index (χ3v) is 6.68. The Bertz CT molecular complexity index is 529. The van der Waals surface area contributed by atoms with Gasteiger partial charge in [0, 0.05) is 0 Å². The first kappa shape index (κ1) is 21.6. The van der Waals surface area contributed by atoms with Crippen LogP contribution in [0.25, 0.3) is 0 Å². The molecule has 25 heavy (non-hydrogen) atoms. The van der Waals surface area contributed by atoms with Gasteiger partial charge in [0.1, 0.15) is 0 Å². The number of halogens is 1. The van der Waals surface area contributed by atoms with E-state index < -0.39 is 0 Å². The third-order valence-electron chi connectivity index (χ3n) is 6.68. The number of fused-ring (bicyclic) bond motifs is 2. The summed E-state index contributed by atoms with van der Waals surface area (Å²) < 4.78 is 0. The fraction of sp³-hybridized carbons (Fsp3) is 0.591. The van der Waals surface area contributed by atoms with Crippen molar-refractivity contribution in [1.82, 2.24) is 0 Å². The normalized spacial score (nSPS) is 33.5. The summed E-state index contributed by atoms with van der Waals surface area (Å²) in [5, 5.41) is 0. The Balaban J connectivity index is 0.000000726. The van der Waals surface area contributed by atoms with Crippen LogP contribution in [0.5, 0.6) is 0 Å². The average molecular weight is 450 g/mol. The summed E-state index contributed by atoms with van der Waals surface area (Å²) in [6.45, 7) is 6.74. The molecule has 0 N–H and O–H groups in total. The Labute approximate surface area is 177 Å². The molecule has 0 amide bonds. The second-order valence-corrected chi connectivity index (χ2v) is 8.03. The Kier molecular flexibility index (Phi) is 8.70. The van der Waals surface area contributed by atoms with Crippen LogP contribution in [0.3, 0.4) is 0 Å². The number of allylic oxidation sites excluding steroid dienone is 8. The Morgan fingerprint density at radius 2 is 1.32 bits per heavy atom. The number of hydrogen-bond acceptors (Lipinski definition) is 0. The van der Waals surface area contributed by atoms with Crippen LogP contribution in [-0.4, -0.2) is 6.88 Å². The molecule has 0 heterocycles. The Hall–Kier alpha value is 0.350. The molecular weight excluding hydrogens is 419 g/mol. The van der Waals surface area contributed by atoms with Crippen LogP contribution in [0.1, 0.15) is 52.4 Å². The molecule has 0 saturated heterocycles. The van der Waals surface area contributed by atoms with Crippen molar-refractivity contribution >= 4 is 6.88 Å². The molecule has 2 saturated carbocycles. The zero-order chi connectivity index (χ0) is 17.1. The van der Waals surface area contributed by atoms with Crippen LogP contribution in [0, 0.1) is 35.5 Å². The third kappa shape index (κ3) is 4.44. The molecule has 0 spiro atoms. The SMILES string of the molecule is C[C-](C)C(C1CCC2CC=CC=C21)C1CCC2CC=CC=C21.[Cl-].[SiH2]=[Zr+2]. The second-order valence-electron chi connectivity index (χ2n) is 8.03. The van der Waals surface area contributed by atoms with Gasteiger partial charge in [0.05, 0.1) is 0 Å².